The highest BCUT2D eigenvalue weighted by Gasteiger charge is 2.25. The van der Waals surface area contributed by atoms with E-state index in [0.29, 0.717) is 32.6 Å². The number of hydrogen-bond donors (Lipinski definition) is 2. The normalized spacial score (nSPS) is 17.5. The second-order valence-electron chi connectivity index (χ2n) is 5.29. The molecule has 0 spiro atoms. The van der Waals surface area contributed by atoms with Gasteiger partial charge < -0.3 is 15.7 Å². The number of carbonyl (C=O) groups is 2. The van der Waals surface area contributed by atoms with E-state index in [1.165, 1.54) is 0 Å². The highest BCUT2D eigenvalue weighted by atomic mass is 16.4. The zero-order valence-electron chi connectivity index (χ0n) is 11.9. The molecule has 0 bridgehead atoms. The first-order valence-corrected chi connectivity index (χ1v) is 7.08. The van der Waals surface area contributed by atoms with Crippen LogP contribution >= 0.6 is 0 Å². The Morgan fingerprint density at radius 3 is 2.33 bits per heavy atom. The molecule has 6 heteroatoms. The van der Waals surface area contributed by atoms with Gasteiger partial charge in [-0.3, -0.25) is 14.5 Å². The molecule has 1 amide bonds. The first kappa shape index (κ1) is 15.5. The molecule has 114 valence electrons. The molecule has 21 heavy (non-hydrogen) atoms. The minimum Gasteiger partial charge on any atom is -0.480 e. The number of carboxylic acid groups (broad SMARTS) is 1. The van der Waals surface area contributed by atoms with Gasteiger partial charge in [-0.25, -0.2) is 0 Å². The quantitative estimate of drug-likeness (QED) is 0.783. The van der Waals surface area contributed by atoms with Crippen molar-refractivity contribution in [3.8, 4) is 0 Å². The number of carboxylic acids is 1. The number of benzene rings is 1. The van der Waals surface area contributed by atoms with E-state index in [4.69, 9.17) is 10.8 Å². The molecule has 1 aliphatic rings. The second-order valence-corrected chi connectivity index (χ2v) is 5.29. The highest BCUT2D eigenvalue weighted by molar-refractivity contribution is 5.82. The van der Waals surface area contributed by atoms with Crippen molar-refractivity contribution in [3.63, 3.8) is 0 Å². The first-order valence-electron chi connectivity index (χ1n) is 7.08. The number of amides is 1. The molecule has 2 rings (SSSR count). The molecule has 0 unspecified atom stereocenters. The van der Waals surface area contributed by atoms with Crippen LogP contribution in [0.1, 0.15) is 5.56 Å². The lowest BCUT2D eigenvalue weighted by Gasteiger charge is -2.35. The fourth-order valence-corrected chi connectivity index (χ4v) is 2.51. The van der Waals surface area contributed by atoms with Crippen molar-refractivity contribution in [1.29, 1.82) is 0 Å². The minimum atomic E-state index is -0.837. The van der Waals surface area contributed by atoms with Gasteiger partial charge in [0.2, 0.25) is 5.91 Å². The zero-order valence-corrected chi connectivity index (χ0v) is 11.9. The Hall–Kier alpha value is -1.92. The van der Waals surface area contributed by atoms with Crippen LogP contribution in [0.5, 0.6) is 0 Å². The third-order valence-electron chi connectivity index (χ3n) is 3.66. The van der Waals surface area contributed by atoms with E-state index in [9.17, 15) is 9.59 Å². The molecule has 0 aromatic heterocycles. The number of aliphatic carboxylic acids is 1. The lowest BCUT2D eigenvalue weighted by Crippen LogP contribution is -2.54. The van der Waals surface area contributed by atoms with Crippen molar-refractivity contribution in [3.05, 3.63) is 35.9 Å². The van der Waals surface area contributed by atoms with Gasteiger partial charge in [0.15, 0.2) is 0 Å². The molecule has 0 aliphatic carbocycles. The van der Waals surface area contributed by atoms with E-state index in [2.05, 4.69) is 0 Å². The molecule has 1 atom stereocenters. The van der Waals surface area contributed by atoms with E-state index < -0.39 is 12.0 Å². The molecule has 1 aromatic carbocycles. The standard InChI is InChI=1S/C15H21N3O3/c16-13(10-12-4-2-1-3-5-12)15(21)18-8-6-17(7-9-18)11-14(19)20/h1-5,13H,6-11,16H2,(H,19,20)/t13-/m0/s1. The predicted molar refractivity (Wildman–Crippen MR) is 78.8 cm³/mol. The summed E-state index contributed by atoms with van der Waals surface area (Å²) in [5.41, 5.74) is 7.04. The largest absolute Gasteiger partial charge is 0.480 e. The molecule has 1 aromatic rings. The van der Waals surface area contributed by atoms with Crippen molar-refractivity contribution in [2.45, 2.75) is 12.5 Å². The topological polar surface area (TPSA) is 86.9 Å². The maximum atomic E-state index is 12.3. The average Bonchev–Trinajstić information content (AvgIpc) is 2.47. The molecular formula is C15H21N3O3. The van der Waals surface area contributed by atoms with Crippen LogP contribution in [0.3, 0.4) is 0 Å². The van der Waals surface area contributed by atoms with E-state index >= 15 is 0 Å². The van der Waals surface area contributed by atoms with Gasteiger partial charge in [0.25, 0.3) is 0 Å². The Bertz CT molecular complexity index is 484. The van der Waals surface area contributed by atoms with Crippen molar-refractivity contribution in [2.24, 2.45) is 5.73 Å². The summed E-state index contributed by atoms with van der Waals surface area (Å²) in [6.45, 7) is 2.26. The van der Waals surface area contributed by atoms with Crippen molar-refractivity contribution in [2.75, 3.05) is 32.7 Å². The summed E-state index contributed by atoms with van der Waals surface area (Å²) in [5.74, 6) is -0.899. The van der Waals surface area contributed by atoms with Crippen molar-refractivity contribution < 1.29 is 14.7 Å². The monoisotopic (exact) mass is 291 g/mol. The average molecular weight is 291 g/mol. The predicted octanol–water partition coefficient (Wildman–Crippen LogP) is -0.215. The Morgan fingerprint density at radius 2 is 1.76 bits per heavy atom. The number of piperazine rings is 1. The van der Waals surface area contributed by atoms with E-state index in [0.717, 1.165) is 5.56 Å². The molecule has 1 fully saturated rings. The van der Waals surface area contributed by atoms with Gasteiger partial charge in [-0.15, -0.1) is 0 Å². The van der Waals surface area contributed by atoms with Gasteiger partial charge >= 0.3 is 5.97 Å². The summed E-state index contributed by atoms with van der Waals surface area (Å²) in [6.07, 6.45) is 0.523. The van der Waals surface area contributed by atoms with Crippen LogP contribution in [0, 0.1) is 0 Å². The number of hydrogen-bond acceptors (Lipinski definition) is 4. The Kier molecular flexibility index (Phi) is 5.30. The Balaban J connectivity index is 1.82. The smallest absolute Gasteiger partial charge is 0.317 e. The molecule has 3 N–H and O–H groups in total. The van der Waals surface area contributed by atoms with Crippen LogP contribution < -0.4 is 5.73 Å². The van der Waals surface area contributed by atoms with Gasteiger partial charge in [0.1, 0.15) is 0 Å². The summed E-state index contributed by atoms with van der Waals surface area (Å²) in [4.78, 5) is 26.5. The molecule has 0 saturated carbocycles. The van der Waals surface area contributed by atoms with Crippen molar-refractivity contribution >= 4 is 11.9 Å². The van der Waals surface area contributed by atoms with Gasteiger partial charge in [-0.05, 0) is 12.0 Å². The molecule has 0 radical (unpaired) electrons. The van der Waals surface area contributed by atoms with Gasteiger partial charge in [-0.1, -0.05) is 30.3 Å². The number of nitrogens with zero attached hydrogens (tertiary/aromatic N) is 2. The van der Waals surface area contributed by atoms with Gasteiger partial charge in [0.05, 0.1) is 12.6 Å². The van der Waals surface area contributed by atoms with Crippen LogP contribution in [-0.2, 0) is 16.0 Å². The summed E-state index contributed by atoms with van der Waals surface area (Å²) >= 11 is 0. The van der Waals surface area contributed by atoms with E-state index in [1.54, 1.807) is 4.90 Å². The lowest BCUT2D eigenvalue weighted by molar-refractivity contribution is -0.139. The fraction of sp³-hybridized carbons (Fsp3) is 0.467. The summed E-state index contributed by atoms with van der Waals surface area (Å²) in [6, 6.07) is 9.15. The number of carbonyl (C=O) groups excluding carboxylic acids is 1. The third-order valence-corrected chi connectivity index (χ3v) is 3.66. The molecular weight excluding hydrogens is 270 g/mol. The van der Waals surface area contributed by atoms with Crippen LogP contribution in [0.15, 0.2) is 30.3 Å². The molecule has 1 aliphatic heterocycles. The van der Waals surface area contributed by atoms with Crippen LogP contribution in [0.25, 0.3) is 0 Å². The summed E-state index contributed by atoms with van der Waals surface area (Å²) in [5, 5.41) is 8.75. The third kappa shape index (κ3) is 4.54. The minimum absolute atomic E-state index is 0.0259. The number of nitrogens with two attached hydrogens (primary N) is 1. The summed E-state index contributed by atoms with van der Waals surface area (Å²) in [7, 11) is 0. The van der Waals surface area contributed by atoms with E-state index in [1.807, 2.05) is 35.2 Å². The first-order chi connectivity index (χ1) is 10.1. The fourth-order valence-electron chi connectivity index (χ4n) is 2.51. The Morgan fingerprint density at radius 1 is 1.14 bits per heavy atom. The Labute approximate surface area is 124 Å². The maximum Gasteiger partial charge on any atom is 0.317 e. The summed E-state index contributed by atoms with van der Waals surface area (Å²) < 4.78 is 0. The van der Waals surface area contributed by atoms with Crippen LogP contribution in [0.4, 0.5) is 0 Å². The zero-order chi connectivity index (χ0) is 15.2. The molecule has 6 nitrogen and oxygen atoms in total. The van der Waals surface area contributed by atoms with E-state index in [-0.39, 0.29) is 12.5 Å². The molecule has 1 saturated heterocycles. The van der Waals surface area contributed by atoms with Gasteiger partial charge in [-0.2, -0.15) is 0 Å². The maximum absolute atomic E-state index is 12.3. The van der Waals surface area contributed by atoms with Crippen LogP contribution in [0.2, 0.25) is 0 Å². The van der Waals surface area contributed by atoms with Crippen LogP contribution in [-0.4, -0.2) is 65.5 Å². The SMILES string of the molecule is N[C@@H](Cc1ccccc1)C(=O)N1CCN(CC(=O)O)CC1. The second kappa shape index (κ2) is 7.19. The van der Waals surface area contributed by atoms with Crippen molar-refractivity contribution in [1.82, 2.24) is 9.80 Å². The number of rotatable bonds is 5. The molecule has 1 heterocycles. The van der Waals surface area contributed by atoms with Gasteiger partial charge in [0, 0.05) is 26.2 Å². The highest BCUT2D eigenvalue weighted by Crippen LogP contribution is 2.07. The lowest BCUT2D eigenvalue weighted by atomic mass is 10.1.